The number of fused-ring (bicyclic) bond motifs is 5. The molecule has 5 heterocycles. The predicted octanol–water partition coefficient (Wildman–Crippen LogP) is 4.16. The molecule has 1 aliphatic heterocycles. The third-order valence-corrected chi connectivity index (χ3v) is 7.41. The summed E-state index contributed by atoms with van der Waals surface area (Å²) in [5.74, 6) is 0.410. The molecule has 7 rings (SSSR count). The molecule has 0 atom stereocenters. The quantitative estimate of drug-likeness (QED) is 0.395. The maximum absolute atomic E-state index is 13.6. The van der Waals surface area contributed by atoms with Crippen LogP contribution in [0.2, 0.25) is 0 Å². The van der Waals surface area contributed by atoms with E-state index in [-0.39, 0.29) is 5.56 Å². The smallest absolute Gasteiger partial charge is 0.284 e. The van der Waals surface area contributed by atoms with Gasteiger partial charge in [0, 0.05) is 35.4 Å². The second-order valence-corrected chi connectivity index (χ2v) is 9.95. The van der Waals surface area contributed by atoms with Crippen LogP contribution in [0.25, 0.3) is 32.7 Å². The van der Waals surface area contributed by atoms with Crippen LogP contribution in [0, 0.1) is 0 Å². The number of anilines is 2. The number of aromatic nitrogens is 6. The average Bonchev–Trinajstić information content (AvgIpc) is 3.47. The van der Waals surface area contributed by atoms with Gasteiger partial charge in [-0.2, -0.15) is 9.50 Å². The fourth-order valence-corrected chi connectivity index (χ4v) is 5.63. The first-order valence-corrected chi connectivity index (χ1v) is 12.7. The lowest BCUT2D eigenvalue weighted by molar-refractivity contribution is 0.332. The van der Waals surface area contributed by atoms with Gasteiger partial charge >= 0.3 is 0 Å². The molecule has 2 aromatic carbocycles. The number of nitrogens with one attached hydrogen (secondary N) is 1. The summed E-state index contributed by atoms with van der Waals surface area (Å²) in [6, 6.07) is 14.2. The summed E-state index contributed by atoms with van der Waals surface area (Å²) < 4.78 is 3.37. The minimum atomic E-state index is -0.234. The van der Waals surface area contributed by atoms with Crippen molar-refractivity contribution < 1.29 is 0 Å². The first-order chi connectivity index (χ1) is 17.7. The number of benzene rings is 2. The lowest BCUT2D eigenvalue weighted by atomic mass is 10.0. The van der Waals surface area contributed by atoms with Crippen molar-refractivity contribution in [1.29, 1.82) is 0 Å². The highest BCUT2D eigenvalue weighted by Crippen LogP contribution is 2.27. The summed E-state index contributed by atoms with van der Waals surface area (Å²) in [4.78, 5) is 34.3. The minimum Gasteiger partial charge on any atom is -0.324 e. The number of aryl methyl sites for hydroxylation is 1. The molecule has 0 saturated carbocycles. The van der Waals surface area contributed by atoms with Gasteiger partial charge in [-0.05, 0) is 61.8 Å². The van der Waals surface area contributed by atoms with Gasteiger partial charge in [0.2, 0.25) is 11.1 Å². The molecule has 9 nitrogen and oxygen atoms in total. The normalized spacial score (nSPS) is 14.4. The fourth-order valence-electron chi connectivity index (χ4n) is 4.98. The van der Waals surface area contributed by atoms with Crippen LogP contribution in [0.4, 0.5) is 11.6 Å². The van der Waals surface area contributed by atoms with Crippen LogP contribution < -0.4 is 10.9 Å². The summed E-state index contributed by atoms with van der Waals surface area (Å²) in [6.45, 7) is 2.06. The van der Waals surface area contributed by atoms with Gasteiger partial charge < -0.3 is 10.2 Å². The summed E-state index contributed by atoms with van der Waals surface area (Å²) >= 11 is 1.46. The van der Waals surface area contributed by atoms with E-state index in [1.165, 1.54) is 22.5 Å². The van der Waals surface area contributed by atoms with E-state index in [0.717, 1.165) is 42.5 Å². The van der Waals surface area contributed by atoms with Crippen LogP contribution in [0.1, 0.15) is 17.5 Å². The van der Waals surface area contributed by atoms with E-state index in [0.29, 0.717) is 27.8 Å². The van der Waals surface area contributed by atoms with Gasteiger partial charge in [0.1, 0.15) is 5.39 Å². The first-order valence-electron chi connectivity index (χ1n) is 11.8. The molecule has 1 N–H and O–H groups in total. The lowest BCUT2D eigenvalue weighted by Gasteiger charge is -2.14. The summed E-state index contributed by atoms with van der Waals surface area (Å²) in [5, 5.41) is 7.10. The molecule has 0 radical (unpaired) electrons. The Labute approximate surface area is 209 Å². The monoisotopic (exact) mass is 494 g/mol. The standard InChI is InChI=1S/C26H22N8OS/c1-32-11-4-5-16-13-18(9-8-17(16)15-32)29-25-28-14-20-22(31-25)30-23-19-6-2-3-7-21(19)33(34(23)24(20)35)26-27-10-12-36-26/h2-3,6-10,12-14H,4-5,11,15H2,1H3,(H,28,29,31). The van der Waals surface area contributed by atoms with Crippen LogP contribution >= 0.6 is 11.3 Å². The molecule has 36 heavy (non-hydrogen) atoms. The highest BCUT2D eigenvalue weighted by molar-refractivity contribution is 7.12. The Morgan fingerprint density at radius 1 is 1.03 bits per heavy atom. The Kier molecular flexibility index (Phi) is 4.83. The maximum atomic E-state index is 13.6. The number of thiazole rings is 1. The summed E-state index contributed by atoms with van der Waals surface area (Å²) in [6.07, 6.45) is 5.46. The van der Waals surface area contributed by atoms with Crippen molar-refractivity contribution in [3.63, 3.8) is 0 Å². The largest absolute Gasteiger partial charge is 0.324 e. The van der Waals surface area contributed by atoms with Gasteiger partial charge in [-0.3, -0.25) is 4.79 Å². The Morgan fingerprint density at radius 2 is 1.94 bits per heavy atom. The van der Waals surface area contributed by atoms with Crippen LogP contribution in [0.3, 0.4) is 0 Å². The molecule has 0 amide bonds. The van der Waals surface area contributed by atoms with Gasteiger partial charge in [-0.25, -0.2) is 19.6 Å². The number of hydrogen-bond acceptors (Lipinski definition) is 8. The zero-order valence-corrected chi connectivity index (χ0v) is 20.4. The number of hydrogen-bond donors (Lipinski definition) is 1. The SMILES string of the molecule is CN1CCCc2cc(Nc3ncc4c(=O)n5c(nc4n3)c3ccccc3n5-c3nccs3)ccc2C1. The van der Waals surface area contributed by atoms with E-state index < -0.39 is 0 Å². The van der Waals surface area contributed by atoms with Crippen molar-refractivity contribution >= 4 is 50.6 Å². The highest BCUT2D eigenvalue weighted by atomic mass is 32.1. The van der Waals surface area contributed by atoms with Crippen molar-refractivity contribution in [2.24, 2.45) is 0 Å². The fraction of sp³-hybridized carbons (Fsp3) is 0.192. The van der Waals surface area contributed by atoms with Gasteiger partial charge in [0.25, 0.3) is 5.56 Å². The molecule has 4 aromatic heterocycles. The molecule has 0 bridgehead atoms. The number of nitrogens with zero attached hydrogens (tertiary/aromatic N) is 7. The predicted molar refractivity (Wildman–Crippen MR) is 141 cm³/mol. The van der Waals surface area contributed by atoms with Crippen molar-refractivity contribution in [3.8, 4) is 5.13 Å². The highest BCUT2D eigenvalue weighted by Gasteiger charge is 2.19. The minimum absolute atomic E-state index is 0.234. The molecule has 0 fully saturated rings. The van der Waals surface area contributed by atoms with Gasteiger partial charge in [-0.1, -0.05) is 18.2 Å². The molecule has 0 saturated heterocycles. The molecule has 10 heteroatoms. The third kappa shape index (κ3) is 3.37. The zero-order valence-electron chi connectivity index (χ0n) is 19.5. The molecule has 0 aliphatic carbocycles. The van der Waals surface area contributed by atoms with Crippen LogP contribution in [-0.4, -0.2) is 47.6 Å². The lowest BCUT2D eigenvalue weighted by Crippen LogP contribution is -2.21. The van der Waals surface area contributed by atoms with Crippen molar-refractivity contribution in [2.75, 3.05) is 18.9 Å². The molecule has 0 unspecified atom stereocenters. The Balaban J connectivity index is 1.35. The van der Waals surface area contributed by atoms with E-state index in [4.69, 9.17) is 4.98 Å². The molecule has 178 valence electrons. The average molecular weight is 495 g/mol. The van der Waals surface area contributed by atoms with Gasteiger partial charge in [0.05, 0.1) is 5.52 Å². The summed E-state index contributed by atoms with van der Waals surface area (Å²) in [5.41, 5.74) is 5.15. The number of rotatable bonds is 3. The Hall–Kier alpha value is -4.15. The Morgan fingerprint density at radius 3 is 2.83 bits per heavy atom. The summed E-state index contributed by atoms with van der Waals surface area (Å²) in [7, 11) is 2.16. The maximum Gasteiger partial charge on any atom is 0.284 e. The van der Waals surface area contributed by atoms with E-state index in [9.17, 15) is 4.79 Å². The van der Waals surface area contributed by atoms with E-state index in [1.54, 1.807) is 16.9 Å². The number of para-hydroxylation sites is 1. The molecule has 1 aliphatic rings. The van der Waals surface area contributed by atoms with Gasteiger partial charge in [0.15, 0.2) is 11.3 Å². The van der Waals surface area contributed by atoms with E-state index in [1.807, 2.05) is 34.3 Å². The topological polar surface area (TPSA) is 93.2 Å². The van der Waals surface area contributed by atoms with E-state index in [2.05, 4.69) is 50.4 Å². The Bertz CT molecular complexity index is 1820. The van der Waals surface area contributed by atoms with E-state index >= 15 is 0 Å². The first kappa shape index (κ1) is 21.2. The van der Waals surface area contributed by atoms with Crippen LogP contribution in [0.15, 0.2) is 65.0 Å². The molecule has 0 spiro atoms. The van der Waals surface area contributed by atoms with Crippen molar-refractivity contribution in [2.45, 2.75) is 19.4 Å². The molecular weight excluding hydrogens is 472 g/mol. The molecular formula is C26H22N8OS. The third-order valence-electron chi connectivity index (χ3n) is 6.67. The second-order valence-electron chi connectivity index (χ2n) is 9.08. The van der Waals surface area contributed by atoms with Crippen LogP contribution in [-0.2, 0) is 13.0 Å². The zero-order chi connectivity index (χ0) is 24.2. The van der Waals surface area contributed by atoms with Crippen molar-refractivity contribution in [3.05, 3.63) is 81.7 Å². The molecule has 6 aromatic rings. The van der Waals surface area contributed by atoms with Gasteiger partial charge in [-0.15, -0.1) is 11.3 Å². The van der Waals surface area contributed by atoms with Crippen LogP contribution in [0.5, 0.6) is 0 Å². The second kappa shape index (κ2) is 8.21. The van der Waals surface area contributed by atoms with Crippen molar-refractivity contribution in [1.82, 2.24) is 34.0 Å².